The predicted molar refractivity (Wildman–Crippen MR) is 108 cm³/mol. The van der Waals surface area contributed by atoms with Crippen LogP contribution in [0.3, 0.4) is 0 Å². The first-order chi connectivity index (χ1) is 12.7. The maximum absolute atomic E-state index is 4.99. The lowest BCUT2D eigenvalue weighted by molar-refractivity contribution is 0.565. The van der Waals surface area contributed by atoms with Gasteiger partial charge in [0.1, 0.15) is 0 Å². The summed E-state index contributed by atoms with van der Waals surface area (Å²) >= 11 is 0. The summed E-state index contributed by atoms with van der Waals surface area (Å²) in [5, 5.41) is 9.34. The highest BCUT2D eigenvalue weighted by atomic mass is 15.4. The van der Waals surface area contributed by atoms with Crippen molar-refractivity contribution in [2.45, 2.75) is 47.0 Å². The van der Waals surface area contributed by atoms with Gasteiger partial charge in [0.25, 0.3) is 0 Å². The normalized spacial score (nSPS) is 12.1. The molecule has 4 rings (SSSR count). The topological polar surface area (TPSA) is 48.0 Å². The third-order valence-corrected chi connectivity index (χ3v) is 4.81. The lowest BCUT2D eigenvalue weighted by atomic mass is 9.92. The van der Waals surface area contributed by atoms with Crippen LogP contribution in [0.1, 0.15) is 43.4 Å². The summed E-state index contributed by atoms with van der Waals surface area (Å²) in [6.45, 7) is 12.7. The smallest absolute Gasteiger partial charge is 0.165 e. The zero-order valence-electron chi connectivity index (χ0n) is 16.8. The van der Waals surface area contributed by atoms with Crippen molar-refractivity contribution in [3.8, 4) is 16.9 Å². The molecule has 0 aliphatic heterocycles. The minimum Gasteiger partial charge on any atom is -0.232 e. The second kappa shape index (κ2) is 6.05. The first kappa shape index (κ1) is 17.5. The molecule has 0 bridgehead atoms. The second-order valence-electron chi connectivity index (χ2n) is 8.25. The van der Waals surface area contributed by atoms with Gasteiger partial charge in [0.2, 0.25) is 0 Å². The van der Waals surface area contributed by atoms with E-state index in [1.165, 1.54) is 5.56 Å². The molecule has 1 aromatic carbocycles. The monoisotopic (exact) mass is 359 g/mol. The van der Waals surface area contributed by atoms with Gasteiger partial charge >= 0.3 is 0 Å². The fourth-order valence-electron chi connectivity index (χ4n) is 3.28. The second-order valence-corrected chi connectivity index (χ2v) is 8.25. The van der Waals surface area contributed by atoms with Crippen LogP contribution >= 0.6 is 0 Å². The number of hydrogen-bond donors (Lipinski definition) is 0. The van der Waals surface area contributed by atoms with Gasteiger partial charge in [0, 0.05) is 22.7 Å². The molecule has 0 unspecified atom stereocenters. The quantitative estimate of drug-likeness (QED) is 0.516. The first-order valence-electron chi connectivity index (χ1n) is 9.24. The maximum atomic E-state index is 4.99. The molecular formula is C22H25N5. The standard InChI is InChI=1S/C22H25N5/c1-14-7-9-17(10-8-14)18-13-23-27-20(26-16(3)11-15(2)25-26)12-19(22(4,5)6)24-21(18)27/h7-13H,1-6H3. The van der Waals surface area contributed by atoms with Gasteiger partial charge < -0.3 is 0 Å². The Morgan fingerprint density at radius 1 is 0.926 bits per heavy atom. The van der Waals surface area contributed by atoms with Gasteiger partial charge in [0.05, 0.1) is 17.6 Å². The Hall–Kier alpha value is -2.95. The van der Waals surface area contributed by atoms with E-state index in [1.807, 2.05) is 22.3 Å². The molecule has 0 spiro atoms. The Balaban J connectivity index is 2.03. The molecule has 0 aliphatic carbocycles. The lowest BCUT2D eigenvalue weighted by Crippen LogP contribution is -2.17. The maximum Gasteiger partial charge on any atom is 0.165 e. The van der Waals surface area contributed by atoms with Crippen molar-refractivity contribution in [1.29, 1.82) is 0 Å². The summed E-state index contributed by atoms with van der Waals surface area (Å²) in [7, 11) is 0. The fourth-order valence-corrected chi connectivity index (χ4v) is 3.28. The van der Waals surface area contributed by atoms with Crippen molar-refractivity contribution < 1.29 is 0 Å². The van der Waals surface area contributed by atoms with Crippen molar-refractivity contribution in [2.24, 2.45) is 0 Å². The Morgan fingerprint density at radius 2 is 1.63 bits per heavy atom. The van der Waals surface area contributed by atoms with E-state index in [1.54, 1.807) is 0 Å². The molecule has 0 atom stereocenters. The van der Waals surface area contributed by atoms with E-state index in [-0.39, 0.29) is 5.41 Å². The summed E-state index contributed by atoms with van der Waals surface area (Å²) < 4.78 is 3.84. The Labute approximate surface area is 159 Å². The molecule has 0 saturated carbocycles. The number of aromatic nitrogens is 5. The van der Waals surface area contributed by atoms with Gasteiger partial charge in [-0.1, -0.05) is 50.6 Å². The minimum absolute atomic E-state index is 0.0819. The zero-order valence-corrected chi connectivity index (χ0v) is 16.8. The fraction of sp³-hybridized carbons (Fsp3) is 0.318. The highest BCUT2D eigenvalue weighted by Crippen LogP contribution is 2.29. The number of rotatable bonds is 2. The molecule has 0 amide bonds. The summed E-state index contributed by atoms with van der Waals surface area (Å²) in [5.74, 6) is 0.911. The van der Waals surface area contributed by atoms with Crippen molar-refractivity contribution in [1.82, 2.24) is 24.4 Å². The average Bonchev–Trinajstić information content (AvgIpc) is 3.17. The molecule has 3 aromatic heterocycles. The van der Waals surface area contributed by atoms with Gasteiger partial charge in [0.15, 0.2) is 11.5 Å². The van der Waals surface area contributed by atoms with E-state index in [9.17, 15) is 0 Å². The van der Waals surface area contributed by atoms with Crippen LogP contribution in [-0.2, 0) is 5.41 Å². The van der Waals surface area contributed by atoms with Crippen LogP contribution in [0.25, 0.3) is 22.6 Å². The van der Waals surface area contributed by atoms with Crippen LogP contribution in [0.4, 0.5) is 0 Å². The SMILES string of the molecule is Cc1ccc(-c2cnn3c(-n4nc(C)cc4C)cc(C(C)(C)C)nc23)cc1. The summed E-state index contributed by atoms with van der Waals surface area (Å²) in [6, 6.07) is 12.7. The van der Waals surface area contributed by atoms with Crippen LogP contribution in [0.15, 0.2) is 42.6 Å². The van der Waals surface area contributed by atoms with Crippen molar-refractivity contribution in [3.63, 3.8) is 0 Å². The molecule has 138 valence electrons. The summed E-state index contributed by atoms with van der Waals surface area (Å²) in [6.07, 6.45) is 1.90. The molecule has 5 nitrogen and oxygen atoms in total. The van der Waals surface area contributed by atoms with E-state index in [4.69, 9.17) is 4.98 Å². The van der Waals surface area contributed by atoms with E-state index in [2.05, 4.69) is 81.2 Å². The van der Waals surface area contributed by atoms with E-state index < -0.39 is 0 Å². The zero-order chi connectivity index (χ0) is 19.3. The Bertz CT molecular complexity index is 1120. The summed E-state index contributed by atoms with van der Waals surface area (Å²) in [4.78, 5) is 4.99. The first-order valence-corrected chi connectivity index (χ1v) is 9.24. The van der Waals surface area contributed by atoms with Crippen molar-refractivity contribution in [2.75, 3.05) is 0 Å². The highest BCUT2D eigenvalue weighted by Gasteiger charge is 2.22. The molecule has 0 radical (unpaired) electrons. The Kier molecular flexibility index (Phi) is 3.91. The van der Waals surface area contributed by atoms with Gasteiger partial charge in [-0.25, -0.2) is 9.67 Å². The van der Waals surface area contributed by atoms with Crippen LogP contribution in [0.2, 0.25) is 0 Å². The van der Waals surface area contributed by atoms with Gasteiger partial charge in [-0.15, -0.1) is 0 Å². The lowest BCUT2D eigenvalue weighted by Gasteiger charge is -2.20. The molecule has 0 saturated heterocycles. The number of nitrogens with zero attached hydrogens (tertiary/aromatic N) is 5. The summed E-state index contributed by atoms with van der Waals surface area (Å²) in [5.41, 5.74) is 7.24. The van der Waals surface area contributed by atoms with Gasteiger partial charge in [-0.05, 0) is 32.4 Å². The molecule has 0 aliphatic rings. The average molecular weight is 359 g/mol. The van der Waals surface area contributed by atoms with E-state index >= 15 is 0 Å². The molecule has 0 N–H and O–H groups in total. The molecule has 5 heteroatoms. The highest BCUT2D eigenvalue weighted by molar-refractivity contribution is 5.77. The molecular weight excluding hydrogens is 334 g/mol. The molecule has 3 heterocycles. The number of aryl methyl sites for hydroxylation is 3. The third kappa shape index (κ3) is 3.03. The van der Waals surface area contributed by atoms with Gasteiger partial charge in [-0.3, -0.25) is 0 Å². The molecule has 27 heavy (non-hydrogen) atoms. The van der Waals surface area contributed by atoms with Crippen LogP contribution < -0.4 is 0 Å². The molecule has 0 fully saturated rings. The van der Waals surface area contributed by atoms with Crippen LogP contribution in [0.5, 0.6) is 0 Å². The van der Waals surface area contributed by atoms with Crippen LogP contribution in [-0.4, -0.2) is 24.4 Å². The number of fused-ring (bicyclic) bond motifs is 1. The number of hydrogen-bond acceptors (Lipinski definition) is 3. The third-order valence-electron chi connectivity index (χ3n) is 4.81. The minimum atomic E-state index is -0.0819. The predicted octanol–water partition coefficient (Wildman–Crippen LogP) is 4.80. The largest absolute Gasteiger partial charge is 0.232 e. The number of benzene rings is 1. The van der Waals surface area contributed by atoms with Crippen molar-refractivity contribution in [3.05, 3.63) is 65.2 Å². The van der Waals surface area contributed by atoms with E-state index in [0.29, 0.717) is 0 Å². The van der Waals surface area contributed by atoms with Gasteiger partial charge in [-0.2, -0.15) is 14.7 Å². The Morgan fingerprint density at radius 3 is 2.22 bits per heavy atom. The van der Waals surface area contributed by atoms with E-state index in [0.717, 1.165) is 39.7 Å². The van der Waals surface area contributed by atoms with Crippen LogP contribution in [0, 0.1) is 20.8 Å². The molecule has 4 aromatic rings. The van der Waals surface area contributed by atoms with Crippen molar-refractivity contribution >= 4 is 5.65 Å².